The monoisotopic (exact) mass is 655 g/mol. The highest BCUT2D eigenvalue weighted by atomic mass is 19.1. The third-order valence-corrected chi connectivity index (χ3v) is 7.04. The Hall–Kier alpha value is -5.92. The lowest BCUT2D eigenvalue weighted by Crippen LogP contribution is -2.42. The molecule has 0 bridgehead atoms. The summed E-state index contributed by atoms with van der Waals surface area (Å²) in [6.07, 6.45) is 0.557. The van der Waals surface area contributed by atoms with Gasteiger partial charge in [-0.2, -0.15) is 4.98 Å². The van der Waals surface area contributed by atoms with Crippen LogP contribution in [0.3, 0.4) is 0 Å². The van der Waals surface area contributed by atoms with Crippen LogP contribution >= 0.6 is 0 Å². The standard InChI is InChI=1S/C34H34FN7O6/c1-19(2)21-9-13-24(14-10-21)42-18-36-29(40-42)30(43)38-27(32(44)45)17-20-6-15-25(26(35)16-20)28-39-31(48-41-28)22-7-11-23(12-8-22)37-33(46)47-34(3,4)5/h6-16,18-19,27H,17H2,1-5H3,(H,37,46)(H,38,43)(H,44,45). The molecular formula is C34H34FN7O6. The minimum absolute atomic E-state index is 0.0198. The molecule has 48 heavy (non-hydrogen) atoms. The summed E-state index contributed by atoms with van der Waals surface area (Å²) < 4.78 is 27.2. The average Bonchev–Trinajstić information content (AvgIpc) is 3.71. The van der Waals surface area contributed by atoms with Gasteiger partial charge in [0.2, 0.25) is 11.6 Å². The van der Waals surface area contributed by atoms with E-state index in [1.54, 1.807) is 45.0 Å². The molecule has 14 heteroatoms. The fourth-order valence-electron chi connectivity index (χ4n) is 4.60. The van der Waals surface area contributed by atoms with E-state index in [1.165, 1.54) is 23.1 Å². The zero-order valence-corrected chi connectivity index (χ0v) is 26.9. The van der Waals surface area contributed by atoms with E-state index in [0.717, 1.165) is 11.6 Å². The number of aromatic nitrogens is 5. The van der Waals surface area contributed by atoms with Gasteiger partial charge in [0.25, 0.3) is 11.8 Å². The van der Waals surface area contributed by atoms with Crippen molar-refractivity contribution in [3.8, 4) is 28.5 Å². The molecule has 0 aliphatic rings. The molecule has 1 atom stereocenters. The molecule has 0 radical (unpaired) electrons. The Labute approximate surface area is 275 Å². The lowest BCUT2D eigenvalue weighted by Gasteiger charge is -2.19. The number of carbonyl (C=O) groups excluding carboxylic acids is 2. The predicted molar refractivity (Wildman–Crippen MR) is 173 cm³/mol. The van der Waals surface area contributed by atoms with Crippen LogP contribution in [0, 0.1) is 5.82 Å². The Kier molecular flexibility index (Phi) is 9.63. The topological polar surface area (TPSA) is 174 Å². The van der Waals surface area contributed by atoms with Crippen LogP contribution in [-0.4, -0.2) is 59.6 Å². The summed E-state index contributed by atoms with van der Waals surface area (Å²) >= 11 is 0. The number of carbonyl (C=O) groups is 3. The maximum Gasteiger partial charge on any atom is 0.412 e. The van der Waals surface area contributed by atoms with Crippen LogP contribution < -0.4 is 10.6 Å². The SMILES string of the molecule is CC(C)c1ccc(-n2cnc(C(=O)NC(Cc3ccc(-c4noc(-c5ccc(NC(=O)OC(C)(C)C)cc5)n4)c(F)c3)C(=O)O)n2)cc1. The fraction of sp³-hybridized carbons (Fsp3) is 0.265. The van der Waals surface area contributed by atoms with Gasteiger partial charge in [-0.25, -0.2) is 23.6 Å². The molecule has 0 saturated carbocycles. The van der Waals surface area contributed by atoms with Gasteiger partial charge in [0, 0.05) is 17.7 Å². The first-order chi connectivity index (χ1) is 22.8. The second kappa shape index (κ2) is 13.8. The Bertz CT molecular complexity index is 1930. The molecule has 3 aromatic carbocycles. The van der Waals surface area contributed by atoms with E-state index >= 15 is 4.39 Å². The number of nitrogens with one attached hydrogen (secondary N) is 2. The summed E-state index contributed by atoms with van der Waals surface area (Å²) in [4.78, 5) is 45.2. The zero-order chi connectivity index (χ0) is 34.6. The third kappa shape index (κ3) is 8.26. The number of hydrogen-bond acceptors (Lipinski definition) is 9. The number of aliphatic carboxylic acids is 1. The number of ether oxygens (including phenoxy) is 1. The average molecular weight is 656 g/mol. The second-order valence-electron chi connectivity index (χ2n) is 12.3. The quantitative estimate of drug-likeness (QED) is 0.161. The van der Waals surface area contributed by atoms with Crippen LogP contribution in [0.4, 0.5) is 14.9 Å². The van der Waals surface area contributed by atoms with Gasteiger partial charge in [-0.3, -0.25) is 10.1 Å². The minimum atomic E-state index is -1.38. The van der Waals surface area contributed by atoms with E-state index in [1.807, 2.05) is 24.3 Å². The van der Waals surface area contributed by atoms with Crippen molar-refractivity contribution in [2.24, 2.45) is 0 Å². The maximum absolute atomic E-state index is 15.2. The predicted octanol–water partition coefficient (Wildman–Crippen LogP) is 6.02. The second-order valence-corrected chi connectivity index (χ2v) is 12.3. The summed E-state index contributed by atoms with van der Waals surface area (Å²) in [5.41, 5.74) is 2.55. The van der Waals surface area contributed by atoms with Crippen molar-refractivity contribution in [2.75, 3.05) is 5.32 Å². The molecule has 0 saturated heterocycles. The highest BCUT2D eigenvalue weighted by molar-refractivity contribution is 5.93. The number of rotatable bonds is 10. The molecule has 2 heterocycles. The van der Waals surface area contributed by atoms with Crippen LogP contribution in [0.5, 0.6) is 0 Å². The molecule has 5 rings (SSSR count). The Balaban J connectivity index is 1.22. The molecule has 0 fully saturated rings. The fourth-order valence-corrected chi connectivity index (χ4v) is 4.60. The van der Waals surface area contributed by atoms with Gasteiger partial charge in [-0.1, -0.05) is 37.2 Å². The Morgan fingerprint density at radius 1 is 1.02 bits per heavy atom. The van der Waals surface area contributed by atoms with E-state index in [4.69, 9.17) is 9.26 Å². The molecule has 248 valence electrons. The van der Waals surface area contributed by atoms with E-state index in [-0.39, 0.29) is 29.5 Å². The zero-order valence-electron chi connectivity index (χ0n) is 26.9. The first kappa shape index (κ1) is 33.4. The van der Waals surface area contributed by atoms with Crippen molar-refractivity contribution in [1.82, 2.24) is 30.2 Å². The largest absolute Gasteiger partial charge is 0.480 e. The molecular weight excluding hydrogens is 621 g/mol. The van der Waals surface area contributed by atoms with Gasteiger partial charge in [0.1, 0.15) is 23.8 Å². The highest BCUT2D eigenvalue weighted by Crippen LogP contribution is 2.26. The number of anilines is 1. The van der Waals surface area contributed by atoms with Crippen molar-refractivity contribution in [3.63, 3.8) is 0 Å². The Morgan fingerprint density at radius 2 is 1.73 bits per heavy atom. The van der Waals surface area contributed by atoms with Gasteiger partial charge in [-0.05, 0) is 86.3 Å². The van der Waals surface area contributed by atoms with E-state index < -0.39 is 35.4 Å². The smallest absolute Gasteiger partial charge is 0.412 e. The third-order valence-electron chi connectivity index (χ3n) is 7.04. The summed E-state index contributed by atoms with van der Waals surface area (Å²) in [6.45, 7) is 9.44. The Morgan fingerprint density at radius 3 is 2.35 bits per heavy atom. The first-order valence-corrected chi connectivity index (χ1v) is 15.0. The molecule has 13 nitrogen and oxygen atoms in total. The molecule has 0 aliphatic heterocycles. The van der Waals surface area contributed by atoms with Crippen LogP contribution in [-0.2, 0) is 16.0 Å². The first-order valence-electron chi connectivity index (χ1n) is 15.0. The molecule has 5 aromatic rings. The van der Waals surface area contributed by atoms with Gasteiger partial charge >= 0.3 is 12.1 Å². The molecule has 0 spiro atoms. The summed E-state index contributed by atoms with van der Waals surface area (Å²) in [5, 5.41) is 22.9. The van der Waals surface area contributed by atoms with Crippen LogP contribution in [0.1, 0.15) is 62.3 Å². The van der Waals surface area contributed by atoms with Gasteiger partial charge in [-0.15, -0.1) is 5.10 Å². The minimum Gasteiger partial charge on any atom is -0.480 e. The summed E-state index contributed by atoms with van der Waals surface area (Å²) in [5.74, 6) is -2.57. The molecule has 0 aliphatic carbocycles. The normalized spacial score (nSPS) is 12.1. The van der Waals surface area contributed by atoms with E-state index in [0.29, 0.717) is 28.4 Å². The number of halogens is 1. The number of nitrogens with zero attached hydrogens (tertiary/aromatic N) is 5. The van der Waals surface area contributed by atoms with Crippen molar-refractivity contribution >= 4 is 23.7 Å². The number of benzene rings is 3. The van der Waals surface area contributed by atoms with Crippen LogP contribution in [0.2, 0.25) is 0 Å². The van der Waals surface area contributed by atoms with Gasteiger partial charge in [0.15, 0.2) is 0 Å². The van der Waals surface area contributed by atoms with Crippen molar-refractivity contribution in [2.45, 2.75) is 58.6 Å². The van der Waals surface area contributed by atoms with Gasteiger partial charge in [0.05, 0.1) is 11.3 Å². The van der Waals surface area contributed by atoms with Crippen LogP contribution in [0.25, 0.3) is 28.5 Å². The number of carboxylic acid groups (broad SMARTS) is 1. The summed E-state index contributed by atoms with van der Waals surface area (Å²) in [7, 11) is 0. The van der Waals surface area contributed by atoms with Crippen LogP contribution in [0.15, 0.2) is 77.6 Å². The number of hydrogen-bond donors (Lipinski definition) is 3. The van der Waals surface area contributed by atoms with E-state index in [2.05, 4.69) is 44.7 Å². The van der Waals surface area contributed by atoms with E-state index in [9.17, 15) is 19.5 Å². The van der Waals surface area contributed by atoms with Gasteiger partial charge < -0.3 is 19.7 Å². The summed E-state index contributed by atoms with van der Waals surface area (Å²) in [6, 6.07) is 16.9. The number of carboxylic acids is 1. The lowest BCUT2D eigenvalue weighted by molar-refractivity contribution is -0.139. The number of amides is 2. The molecule has 3 N–H and O–H groups in total. The van der Waals surface area contributed by atoms with Crippen molar-refractivity contribution in [3.05, 3.63) is 95.8 Å². The molecule has 2 aromatic heterocycles. The maximum atomic E-state index is 15.2. The van der Waals surface area contributed by atoms with Crippen molar-refractivity contribution in [1.29, 1.82) is 0 Å². The highest BCUT2D eigenvalue weighted by Gasteiger charge is 2.24. The molecule has 2 amide bonds. The lowest BCUT2D eigenvalue weighted by atomic mass is 10.0. The van der Waals surface area contributed by atoms with Crippen molar-refractivity contribution < 1.29 is 33.1 Å². The molecule has 1 unspecified atom stereocenters.